The number of hydrogen-bond donors (Lipinski definition) is 0. The van der Waals surface area contributed by atoms with Crippen LogP contribution in [-0.4, -0.2) is 16.3 Å². The summed E-state index contributed by atoms with van der Waals surface area (Å²) in [6, 6.07) is 11.2. The third-order valence-corrected chi connectivity index (χ3v) is 2.57. The van der Waals surface area contributed by atoms with Crippen LogP contribution >= 0.6 is 0 Å². The fraction of sp³-hybridized carbons (Fsp3) is 0. The van der Waals surface area contributed by atoms with E-state index in [4.69, 9.17) is 0 Å². The minimum atomic E-state index is 0.614. The minimum absolute atomic E-state index is 0.614. The summed E-state index contributed by atoms with van der Waals surface area (Å²) < 4.78 is 0. The predicted molar refractivity (Wildman–Crippen MR) is 62.4 cm³/mol. The topological polar surface area (TPSA) is 42.9 Å². The number of aldehydes is 1. The van der Waals surface area contributed by atoms with E-state index in [1.54, 1.807) is 12.3 Å². The van der Waals surface area contributed by atoms with Crippen molar-refractivity contribution in [2.24, 2.45) is 0 Å². The summed E-state index contributed by atoms with van der Waals surface area (Å²) in [6.45, 7) is 0. The molecule has 0 radical (unpaired) electrons. The summed E-state index contributed by atoms with van der Waals surface area (Å²) in [6.07, 6.45) is 2.57. The summed E-state index contributed by atoms with van der Waals surface area (Å²) in [4.78, 5) is 19.6. The van der Waals surface area contributed by atoms with Gasteiger partial charge in [-0.15, -0.1) is 0 Å². The lowest BCUT2D eigenvalue weighted by Crippen LogP contribution is -1.89. The van der Waals surface area contributed by atoms with E-state index in [1.807, 2.05) is 30.3 Å². The monoisotopic (exact) mass is 208 g/mol. The molecule has 3 rings (SSSR count). The SMILES string of the molecule is O=Cc1cccc2cc3ncccc3nc12. The summed E-state index contributed by atoms with van der Waals surface area (Å²) in [5.41, 5.74) is 3.00. The molecule has 0 aliphatic rings. The van der Waals surface area contributed by atoms with Crippen LogP contribution in [0.15, 0.2) is 42.6 Å². The first-order valence-corrected chi connectivity index (χ1v) is 4.98. The molecule has 3 aromatic rings. The van der Waals surface area contributed by atoms with Gasteiger partial charge in [-0.25, -0.2) is 4.98 Å². The number of carbonyl (C=O) groups excluding carboxylic acids is 1. The third kappa shape index (κ3) is 1.26. The van der Waals surface area contributed by atoms with Gasteiger partial charge in [0.25, 0.3) is 0 Å². The zero-order valence-electron chi connectivity index (χ0n) is 8.42. The number of carbonyl (C=O) groups is 1. The molecule has 3 heteroatoms. The molecule has 0 bridgehead atoms. The highest BCUT2D eigenvalue weighted by Crippen LogP contribution is 2.19. The molecule has 0 amide bonds. The van der Waals surface area contributed by atoms with Crippen molar-refractivity contribution in [3.63, 3.8) is 0 Å². The smallest absolute Gasteiger partial charge is 0.152 e. The molecule has 0 fully saturated rings. The number of para-hydroxylation sites is 1. The maximum absolute atomic E-state index is 10.9. The van der Waals surface area contributed by atoms with E-state index in [0.29, 0.717) is 5.56 Å². The van der Waals surface area contributed by atoms with Crippen LogP contribution < -0.4 is 0 Å². The van der Waals surface area contributed by atoms with Gasteiger partial charge >= 0.3 is 0 Å². The van der Waals surface area contributed by atoms with E-state index in [2.05, 4.69) is 9.97 Å². The maximum atomic E-state index is 10.9. The highest BCUT2D eigenvalue weighted by molar-refractivity contribution is 5.99. The van der Waals surface area contributed by atoms with Crippen molar-refractivity contribution in [2.45, 2.75) is 0 Å². The summed E-state index contributed by atoms with van der Waals surface area (Å²) >= 11 is 0. The second kappa shape index (κ2) is 3.38. The number of rotatable bonds is 1. The molecule has 16 heavy (non-hydrogen) atoms. The van der Waals surface area contributed by atoms with Crippen LogP contribution in [-0.2, 0) is 0 Å². The van der Waals surface area contributed by atoms with Crippen LogP contribution in [0, 0.1) is 0 Å². The van der Waals surface area contributed by atoms with Crippen molar-refractivity contribution in [3.05, 3.63) is 48.2 Å². The zero-order chi connectivity index (χ0) is 11.0. The van der Waals surface area contributed by atoms with Crippen molar-refractivity contribution in [1.82, 2.24) is 9.97 Å². The highest BCUT2D eigenvalue weighted by atomic mass is 16.1. The normalized spacial score (nSPS) is 10.8. The number of fused-ring (bicyclic) bond motifs is 2. The van der Waals surface area contributed by atoms with Crippen molar-refractivity contribution in [3.8, 4) is 0 Å². The van der Waals surface area contributed by atoms with Crippen LogP contribution in [0.4, 0.5) is 0 Å². The predicted octanol–water partition coefficient (Wildman–Crippen LogP) is 2.60. The molecule has 0 aliphatic heterocycles. The Morgan fingerprint density at radius 3 is 2.88 bits per heavy atom. The van der Waals surface area contributed by atoms with E-state index in [1.165, 1.54) is 0 Å². The van der Waals surface area contributed by atoms with Crippen LogP contribution in [0.2, 0.25) is 0 Å². The van der Waals surface area contributed by atoms with Gasteiger partial charge in [-0.05, 0) is 24.3 Å². The maximum Gasteiger partial charge on any atom is 0.152 e. The Balaban J connectivity index is 2.51. The van der Waals surface area contributed by atoms with Gasteiger partial charge in [0, 0.05) is 17.1 Å². The molecule has 0 N–H and O–H groups in total. The minimum Gasteiger partial charge on any atom is -0.298 e. The Bertz CT molecular complexity index is 692. The van der Waals surface area contributed by atoms with Crippen molar-refractivity contribution in [1.29, 1.82) is 0 Å². The van der Waals surface area contributed by atoms with Gasteiger partial charge in [0.05, 0.1) is 16.6 Å². The average Bonchev–Trinajstić information content (AvgIpc) is 2.35. The summed E-state index contributed by atoms with van der Waals surface area (Å²) in [5, 5.41) is 0.941. The molecule has 0 saturated heterocycles. The van der Waals surface area contributed by atoms with Crippen molar-refractivity contribution >= 4 is 28.2 Å². The molecule has 0 saturated carbocycles. The van der Waals surface area contributed by atoms with E-state index in [9.17, 15) is 4.79 Å². The lowest BCUT2D eigenvalue weighted by molar-refractivity contribution is 0.112. The van der Waals surface area contributed by atoms with Gasteiger partial charge in [0.2, 0.25) is 0 Å². The number of benzene rings is 1. The fourth-order valence-corrected chi connectivity index (χ4v) is 1.80. The molecule has 2 heterocycles. The molecular formula is C13H8N2O. The van der Waals surface area contributed by atoms with Crippen molar-refractivity contribution in [2.75, 3.05) is 0 Å². The van der Waals surface area contributed by atoms with Crippen molar-refractivity contribution < 1.29 is 4.79 Å². The number of aromatic nitrogens is 2. The number of pyridine rings is 2. The van der Waals surface area contributed by atoms with Crippen LogP contribution in [0.5, 0.6) is 0 Å². The van der Waals surface area contributed by atoms with Crippen LogP contribution in [0.25, 0.3) is 21.9 Å². The number of hydrogen-bond acceptors (Lipinski definition) is 3. The van der Waals surface area contributed by atoms with Crippen LogP contribution in [0.3, 0.4) is 0 Å². The Labute approximate surface area is 91.8 Å². The van der Waals surface area contributed by atoms with E-state index in [0.717, 1.165) is 28.2 Å². The lowest BCUT2D eigenvalue weighted by atomic mass is 10.1. The molecule has 1 aromatic carbocycles. The highest BCUT2D eigenvalue weighted by Gasteiger charge is 2.03. The van der Waals surface area contributed by atoms with E-state index in [-0.39, 0.29) is 0 Å². The standard InChI is InChI=1S/C13H8N2O/c16-8-10-4-1-3-9-7-12-11(15-13(9)10)5-2-6-14-12/h1-8H. The van der Waals surface area contributed by atoms with Gasteiger partial charge in [0.1, 0.15) is 0 Å². The first-order valence-electron chi connectivity index (χ1n) is 4.98. The van der Waals surface area contributed by atoms with Gasteiger partial charge < -0.3 is 0 Å². The zero-order valence-corrected chi connectivity index (χ0v) is 8.42. The molecule has 76 valence electrons. The van der Waals surface area contributed by atoms with Gasteiger partial charge in [-0.3, -0.25) is 9.78 Å². The van der Waals surface area contributed by atoms with E-state index < -0.39 is 0 Å². The summed E-state index contributed by atoms with van der Waals surface area (Å²) in [7, 11) is 0. The van der Waals surface area contributed by atoms with E-state index >= 15 is 0 Å². The molecule has 3 nitrogen and oxygen atoms in total. The molecule has 0 aliphatic carbocycles. The lowest BCUT2D eigenvalue weighted by Gasteiger charge is -2.02. The second-order valence-electron chi connectivity index (χ2n) is 3.57. The Morgan fingerprint density at radius 2 is 2.00 bits per heavy atom. The Kier molecular flexibility index (Phi) is 1.90. The number of nitrogens with zero attached hydrogens (tertiary/aromatic N) is 2. The quantitative estimate of drug-likeness (QED) is 0.456. The van der Waals surface area contributed by atoms with Gasteiger partial charge in [-0.2, -0.15) is 0 Å². The fourth-order valence-electron chi connectivity index (χ4n) is 1.80. The molecular weight excluding hydrogens is 200 g/mol. The summed E-state index contributed by atoms with van der Waals surface area (Å²) in [5.74, 6) is 0. The van der Waals surface area contributed by atoms with Crippen LogP contribution in [0.1, 0.15) is 10.4 Å². The molecule has 0 atom stereocenters. The largest absolute Gasteiger partial charge is 0.298 e. The first-order chi connectivity index (χ1) is 7.88. The van der Waals surface area contributed by atoms with Gasteiger partial charge in [0.15, 0.2) is 6.29 Å². The molecule has 0 unspecified atom stereocenters. The Hall–Kier alpha value is -2.29. The first kappa shape index (κ1) is 8.97. The average molecular weight is 208 g/mol. The third-order valence-electron chi connectivity index (χ3n) is 2.57. The Morgan fingerprint density at radius 1 is 1.06 bits per heavy atom. The molecule has 0 spiro atoms. The second-order valence-corrected chi connectivity index (χ2v) is 3.57. The van der Waals surface area contributed by atoms with Gasteiger partial charge in [-0.1, -0.05) is 12.1 Å². The molecule has 2 aromatic heterocycles.